The molecule has 0 amide bonds. The second kappa shape index (κ2) is 6.22. The zero-order chi connectivity index (χ0) is 15.0. The Morgan fingerprint density at radius 3 is 2.76 bits per heavy atom. The van der Waals surface area contributed by atoms with E-state index in [0.717, 1.165) is 26.1 Å². The molecule has 0 atom stereocenters. The monoisotopic (exact) mass is 478 g/mol. The van der Waals surface area contributed by atoms with Crippen LogP contribution < -0.4 is 0 Å². The molecule has 0 N–H and O–H groups in total. The van der Waals surface area contributed by atoms with Gasteiger partial charge in [-0.15, -0.1) is 11.6 Å². The standard InChI is InChI=1S/C15H10BrClFIN2/c16-11-8-10(2-3-12(11)18)21-14-4-1-9(19)7-13(14)20-15(21)5-6-17/h1-4,7-8H,5-6H2. The third kappa shape index (κ3) is 2.96. The van der Waals surface area contributed by atoms with E-state index in [1.165, 1.54) is 6.07 Å². The number of aryl methyl sites for hydroxylation is 1. The summed E-state index contributed by atoms with van der Waals surface area (Å²) in [5.74, 6) is 1.08. The summed E-state index contributed by atoms with van der Waals surface area (Å²) in [6, 6.07) is 11.0. The second-order valence-electron chi connectivity index (χ2n) is 4.53. The van der Waals surface area contributed by atoms with Gasteiger partial charge in [0.25, 0.3) is 0 Å². The Morgan fingerprint density at radius 1 is 1.24 bits per heavy atom. The van der Waals surface area contributed by atoms with Crippen molar-refractivity contribution in [3.63, 3.8) is 0 Å². The predicted octanol–water partition coefficient (Wildman–Crippen LogP) is 5.31. The number of fused-ring (bicyclic) bond motifs is 1. The topological polar surface area (TPSA) is 17.8 Å². The van der Waals surface area contributed by atoms with Crippen LogP contribution >= 0.6 is 50.1 Å². The van der Waals surface area contributed by atoms with Gasteiger partial charge in [-0.05, 0) is 74.9 Å². The highest BCUT2D eigenvalue weighted by Gasteiger charge is 2.13. The molecule has 3 aromatic rings. The molecule has 108 valence electrons. The van der Waals surface area contributed by atoms with Crippen LogP contribution in [0.1, 0.15) is 5.82 Å². The van der Waals surface area contributed by atoms with E-state index in [1.54, 1.807) is 12.1 Å². The summed E-state index contributed by atoms with van der Waals surface area (Å²) in [5.41, 5.74) is 2.78. The summed E-state index contributed by atoms with van der Waals surface area (Å²) in [6.45, 7) is 0. The minimum Gasteiger partial charge on any atom is -0.296 e. The van der Waals surface area contributed by atoms with Gasteiger partial charge in [-0.25, -0.2) is 9.37 Å². The highest BCUT2D eigenvalue weighted by atomic mass is 127. The molecule has 0 spiro atoms. The Hall–Kier alpha value is -0.660. The van der Waals surface area contributed by atoms with Gasteiger partial charge < -0.3 is 0 Å². The molecule has 6 heteroatoms. The Bertz CT molecular complexity index is 819. The van der Waals surface area contributed by atoms with E-state index in [2.05, 4.69) is 43.5 Å². The van der Waals surface area contributed by atoms with Crippen LogP contribution in [0.4, 0.5) is 4.39 Å². The van der Waals surface area contributed by atoms with E-state index < -0.39 is 0 Å². The number of rotatable bonds is 3. The molecule has 3 rings (SSSR count). The first-order chi connectivity index (χ1) is 10.1. The summed E-state index contributed by atoms with van der Waals surface area (Å²) in [7, 11) is 0. The molecule has 0 bridgehead atoms. The van der Waals surface area contributed by atoms with Crippen LogP contribution in [0.25, 0.3) is 16.7 Å². The molecular weight excluding hydrogens is 469 g/mol. The number of alkyl halides is 1. The molecule has 21 heavy (non-hydrogen) atoms. The highest BCUT2D eigenvalue weighted by molar-refractivity contribution is 14.1. The first-order valence-electron chi connectivity index (χ1n) is 6.28. The average molecular weight is 480 g/mol. The van der Waals surface area contributed by atoms with Crippen molar-refractivity contribution in [2.24, 2.45) is 0 Å². The molecule has 2 aromatic carbocycles. The fraction of sp³-hybridized carbons (Fsp3) is 0.133. The summed E-state index contributed by atoms with van der Waals surface area (Å²) >= 11 is 11.4. The quantitative estimate of drug-likeness (QED) is 0.368. The lowest BCUT2D eigenvalue weighted by Gasteiger charge is -2.09. The van der Waals surface area contributed by atoms with Gasteiger partial charge in [-0.2, -0.15) is 0 Å². The van der Waals surface area contributed by atoms with E-state index in [-0.39, 0.29) is 5.82 Å². The maximum Gasteiger partial charge on any atom is 0.137 e. The zero-order valence-electron chi connectivity index (χ0n) is 10.8. The van der Waals surface area contributed by atoms with Gasteiger partial charge in [-0.3, -0.25) is 4.57 Å². The summed E-state index contributed by atoms with van der Waals surface area (Å²) < 4.78 is 17.0. The van der Waals surface area contributed by atoms with Crippen molar-refractivity contribution in [3.05, 3.63) is 56.1 Å². The SMILES string of the molecule is Fc1ccc(-n2c(CCCl)nc3cc(I)ccc32)cc1Br. The predicted molar refractivity (Wildman–Crippen MR) is 95.9 cm³/mol. The summed E-state index contributed by atoms with van der Waals surface area (Å²) in [5, 5.41) is 0. The zero-order valence-corrected chi connectivity index (χ0v) is 15.3. The van der Waals surface area contributed by atoms with E-state index in [9.17, 15) is 4.39 Å². The number of benzene rings is 2. The van der Waals surface area contributed by atoms with Gasteiger partial charge in [0.2, 0.25) is 0 Å². The minimum atomic E-state index is -0.281. The molecule has 0 aliphatic carbocycles. The lowest BCUT2D eigenvalue weighted by Crippen LogP contribution is -2.02. The van der Waals surface area contributed by atoms with Gasteiger partial charge >= 0.3 is 0 Å². The van der Waals surface area contributed by atoms with E-state index in [4.69, 9.17) is 11.6 Å². The average Bonchev–Trinajstić information content (AvgIpc) is 2.79. The van der Waals surface area contributed by atoms with Gasteiger partial charge in [-0.1, -0.05) is 0 Å². The molecule has 0 saturated heterocycles. The molecule has 0 aliphatic rings. The van der Waals surface area contributed by atoms with Crippen LogP contribution in [0.15, 0.2) is 40.9 Å². The van der Waals surface area contributed by atoms with E-state index in [1.807, 2.05) is 22.8 Å². The van der Waals surface area contributed by atoms with Gasteiger partial charge in [0.05, 0.1) is 15.5 Å². The van der Waals surface area contributed by atoms with Crippen molar-refractivity contribution in [1.29, 1.82) is 0 Å². The molecule has 0 unspecified atom stereocenters. The molecule has 0 saturated carbocycles. The minimum absolute atomic E-state index is 0.281. The normalized spacial score (nSPS) is 11.2. The van der Waals surface area contributed by atoms with Crippen molar-refractivity contribution in [3.8, 4) is 5.69 Å². The number of halogens is 4. The number of nitrogens with zero attached hydrogens (tertiary/aromatic N) is 2. The number of hydrogen-bond acceptors (Lipinski definition) is 1. The molecule has 1 aromatic heterocycles. The molecule has 0 aliphatic heterocycles. The van der Waals surface area contributed by atoms with Crippen LogP contribution in [0.2, 0.25) is 0 Å². The lowest BCUT2D eigenvalue weighted by atomic mass is 10.2. The van der Waals surface area contributed by atoms with Crippen LogP contribution in [0.3, 0.4) is 0 Å². The first-order valence-corrected chi connectivity index (χ1v) is 8.69. The van der Waals surface area contributed by atoms with Crippen molar-refractivity contribution < 1.29 is 4.39 Å². The fourth-order valence-electron chi connectivity index (χ4n) is 2.27. The van der Waals surface area contributed by atoms with Crippen molar-refractivity contribution in [2.45, 2.75) is 6.42 Å². The Balaban J connectivity index is 2.27. The highest BCUT2D eigenvalue weighted by Crippen LogP contribution is 2.26. The third-order valence-electron chi connectivity index (χ3n) is 3.17. The Morgan fingerprint density at radius 2 is 2.05 bits per heavy atom. The van der Waals surface area contributed by atoms with Crippen molar-refractivity contribution in [2.75, 3.05) is 5.88 Å². The fourth-order valence-corrected chi connectivity index (χ4v) is 3.28. The maximum atomic E-state index is 13.5. The maximum absolute atomic E-state index is 13.5. The van der Waals surface area contributed by atoms with Crippen LogP contribution in [0, 0.1) is 9.39 Å². The van der Waals surface area contributed by atoms with E-state index in [0.29, 0.717) is 16.8 Å². The van der Waals surface area contributed by atoms with Crippen LogP contribution in [-0.4, -0.2) is 15.4 Å². The molecule has 2 nitrogen and oxygen atoms in total. The van der Waals surface area contributed by atoms with E-state index >= 15 is 0 Å². The van der Waals surface area contributed by atoms with Crippen molar-refractivity contribution >= 4 is 61.2 Å². The smallest absolute Gasteiger partial charge is 0.137 e. The Labute approximate surface area is 148 Å². The number of aromatic nitrogens is 2. The van der Waals surface area contributed by atoms with Gasteiger partial charge in [0, 0.05) is 21.6 Å². The molecule has 1 heterocycles. The molecular formula is C15H10BrClFIN2. The second-order valence-corrected chi connectivity index (χ2v) is 7.01. The van der Waals surface area contributed by atoms with Crippen LogP contribution in [-0.2, 0) is 6.42 Å². The third-order valence-corrected chi connectivity index (χ3v) is 4.63. The Kier molecular flexibility index (Phi) is 4.51. The lowest BCUT2D eigenvalue weighted by molar-refractivity contribution is 0.620. The number of imidazole rings is 1. The largest absolute Gasteiger partial charge is 0.296 e. The number of hydrogen-bond donors (Lipinski definition) is 0. The molecule has 0 radical (unpaired) electrons. The van der Waals surface area contributed by atoms with Crippen molar-refractivity contribution in [1.82, 2.24) is 9.55 Å². The van der Waals surface area contributed by atoms with Gasteiger partial charge in [0.15, 0.2) is 0 Å². The first kappa shape index (κ1) is 15.2. The van der Waals surface area contributed by atoms with Crippen LogP contribution in [0.5, 0.6) is 0 Å². The summed E-state index contributed by atoms with van der Waals surface area (Å²) in [6.07, 6.45) is 0.655. The molecule has 0 fully saturated rings. The summed E-state index contributed by atoms with van der Waals surface area (Å²) in [4.78, 5) is 4.66. The van der Waals surface area contributed by atoms with Gasteiger partial charge in [0.1, 0.15) is 11.6 Å².